The highest BCUT2D eigenvalue weighted by Crippen LogP contribution is 2.29. The molecule has 1 saturated heterocycles. The minimum atomic E-state index is -0.957. The molecule has 154 valence electrons. The molecule has 8 nitrogen and oxygen atoms in total. The number of rotatable bonds is 6. The Morgan fingerprint density at radius 2 is 1.80 bits per heavy atom. The van der Waals surface area contributed by atoms with Gasteiger partial charge in [0.05, 0.1) is 11.1 Å². The Hall–Kier alpha value is -3.52. The number of benzene rings is 2. The second kappa shape index (κ2) is 8.08. The number of fused-ring (bicyclic) bond motifs is 1. The minimum absolute atomic E-state index is 0.101. The maximum Gasteiger partial charge on any atom is 0.262 e. The molecule has 0 spiro atoms. The number of anilines is 1. The van der Waals surface area contributed by atoms with Crippen molar-refractivity contribution in [1.82, 2.24) is 15.5 Å². The van der Waals surface area contributed by atoms with Crippen LogP contribution in [-0.4, -0.2) is 41.1 Å². The standard InChI is InChI=1S/C22H22N4O4/c23-15-6-4-13(5-7-15)10-11-24-12-14-2-1-3-16-19(14)22(30)26(21(16)29)17-8-9-18(27)25-20(17)28/h1-7,17,24H,8-12,23H2,(H,25,27,28). The van der Waals surface area contributed by atoms with Crippen LogP contribution in [0.3, 0.4) is 0 Å². The Labute approximate surface area is 173 Å². The van der Waals surface area contributed by atoms with Gasteiger partial charge in [-0.05, 0) is 48.7 Å². The van der Waals surface area contributed by atoms with Crippen molar-refractivity contribution in [3.8, 4) is 0 Å². The molecule has 2 aromatic rings. The molecule has 30 heavy (non-hydrogen) atoms. The first-order valence-corrected chi connectivity index (χ1v) is 9.84. The fourth-order valence-corrected chi connectivity index (χ4v) is 3.87. The highest BCUT2D eigenvalue weighted by atomic mass is 16.2. The summed E-state index contributed by atoms with van der Waals surface area (Å²) in [6, 6.07) is 11.8. The maximum absolute atomic E-state index is 13.0. The lowest BCUT2D eigenvalue weighted by atomic mass is 10.0. The molecule has 0 bridgehead atoms. The van der Waals surface area contributed by atoms with Gasteiger partial charge in [0.2, 0.25) is 11.8 Å². The van der Waals surface area contributed by atoms with Gasteiger partial charge in [0, 0.05) is 18.7 Å². The van der Waals surface area contributed by atoms with E-state index in [4.69, 9.17) is 5.73 Å². The van der Waals surface area contributed by atoms with E-state index in [0.717, 1.165) is 22.6 Å². The van der Waals surface area contributed by atoms with Gasteiger partial charge in [-0.15, -0.1) is 0 Å². The van der Waals surface area contributed by atoms with Crippen LogP contribution in [0, 0.1) is 0 Å². The Morgan fingerprint density at radius 3 is 2.53 bits per heavy atom. The Morgan fingerprint density at radius 1 is 1.03 bits per heavy atom. The van der Waals surface area contributed by atoms with Gasteiger partial charge in [0.25, 0.3) is 11.8 Å². The first-order chi connectivity index (χ1) is 14.5. The van der Waals surface area contributed by atoms with E-state index < -0.39 is 23.8 Å². The maximum atomic E-state index is 13.0. The van der Waals surface area contributed by atoms with E-state index in [1.54, 1.807) is 18.2 Å². The van der Waals surface area contributed by atoms with Crippen LogP contribution >= 0.6 is 0 Å². The number of piperidine rings is 1. The van der Waals surface area contributed by atoms with Crippen LogP contribution in [0.5, 0.6) is 0 Å². The van der Waals surface area contributed by atoms with Crippen molar-refractivity contribution < 1.29 is 19.2 Å². The lowest BCUT2D eigenvalue weighted by molar-refractivity contribution is -0.136. The van der Waals surface area contributed by atoms with Crippen molar-refractivity contribution in [2.45, 2.75) is 31.8 Å². The molecule has 0 radical (unpaired) electrons. The summed E-state index contributed by atoms with van der Waals surface area (Å²) in [5.41, 5.74) is 8.88. The average Bonchev–Trinajstić information content (AvgIpc) is 2.98. The predicted octanol–water partition coefficient (Wildman–Crippen LogP) is 1.00. The summed E-state index contributed by atoms with van der Waals surface area (Å²) in [7, 11) is 0. The van der Waals surface area contributed by atoms with Gasteiger partial charge in [0.15, 0.2) is 0 Å². The van der Waals surface area contributed by atoms with Crippen LogP contribution in [0.2, 0.25) is 0 Å². The van der Waals surface area contributed by atoms with E-state index in [9.17, 15) is 19.2 Å². The van der Waals surface area contributed by atoms with Crippen LogP contribution in [0.25, 0.3) is 0 Å². The molecular formula is C22H22N4O4. The summed E-state index contributed by atoms with van der Waals surface area (Å²) in [6.45, 7) is 1.10. The molecule has 2 heterocycles. The molecular weight excluding hydrogens is 384 g/mol. The zero-order valence-corrected chi connectivity index (χ0v) is 16.3. The Bertz CT molecular complexity index is 1030. The molecule has 2 aromatic carbocycles. The zero-order chi connectivity index (χ0) is 21.3. The number of imide groups is 2. The van der Waals surface area contributed by atoms with E-state index in [0.29, 0.717) is 29.8 Å². The van der Waals surface area contributed by atoms with Crippen LogP contribution in [0.4, 0.5) is 5.69 Å². The van der Waals surface area contributed by atoms with Gasteiger partial charge in [-0.3, -0.25) is 29.4 Å². The third-order valence-corrected chi connectivity index (χ3v) is 5.44. The number of nitrogens with zero attached hydrogens (tertiary/aromatic N) is 1. The molecule has 2 aliphatic rings. The summed E-state index contributed by atoms with van der Waals surface area (Å²) in [5, 5.41) is 5.51. The minimum Gasteiger partial charge on any atom is -0.399 e. The number of nitrogen functional groups attached to an aromatic ring is 1. The molecule has 2 aliphatic heterocycles. The lowest BCUT2D eigenvalue weighted by Gasteiger charge is -2.27. The van der Waals surface area contributed by atoms with E-state index in [-0.39, 0.29) is 18.7 Å². The summed E-state index contributed by atoms with van der Waals surface area (Å²) in [5.74, 6) is -1.98. The summed E-state index contributed by atoms with van der Waals surface area (Å²) in [4.78, 5) is 50.5. The Kier molecular flexibility index (Phi) is 5.33. The quantitative estimate of drug-likeness (QED) is 0.374. The average molecular weight is 406 g/mol. The molecule has 1 fully saturated rings. The first-order valence-electron chi connectivity index (χ1n) is 9.84. The fraction of sp³-hybridized carbons (Fsp3) is 0.273. The van der Waals surface area contributed by atoms with Crippen LogP contribution in [-0.2, 0) is 22.6 Å². The number of hydrogen-bond acceptors (Lipinski definition) is 6. The van der Waals surface area contributed by atoms with E-state index in [1.807, 2.05) is 24.3 Å². The number of nitrogens with two attached hydrogens (primary N) is 1. The fourth-order valence-electron chi connectivity index (χ4n) is 3.87. The van der Waals surface area contributed by atoms with Gasteiger partial charge in [-0.2, -0.15) is 0 Å². The molecule has 0 aliphatic carbocycles. The number of carbonyl (C=O) groups excluding carboxylic acids is 4. The van der Waals surface area contributed by atoms with Crippen LogP contribution in [0.1, 0.15) is 44.7 Å². The van der Waals surface area contributed by atoms with Gasteiger partial charge in [-0.1, -0.05) is 24.3 Å². The van der Waals surface area contributed by atoms with Crippen molar-refractivity contribution in [3.63, 3.8) is 0 Å². The van der Waals surface area contributed by atoms with Crippen LogP contribution < -0.4 is 16.4 Å². The van der Waals surface area contributed by atoms with Gasteiger partial charge in [0.1, 0.15) is 6.04 Å². The molecule has 1 unspecified atom stereocenters. The third kappa shape index (κ3) is 3.69. The van der Waals surface area contributed by atoms with Crippen molar-refractivity contribution in [1.29, 1.82) is 0 Å². The predicted molar refractivity (Wildman–Crippen MR) is 109 cm³/mol. The molecule has 8 heteroatoms. The largest absolute Gasteiger partial charge is 0.399 e. The van der Waals surface area contributed by atoms with E-state index in [2.05, 4.69) is 10.6 Å². The lowest BCUT2D eigenvalue weighted by Crippen LogP contribution is -2.54. The topological polar surface area (TPSA) is 122 Å². The van der Waals surface area contributed by atoms with E-state index in [1.165, 1.54) is 0 Å². The summed E-state index contributed by atoms with van der Waals surface area (Å²) < 4.78 is 0. The summed E-state index contributed by atoms with van der Waals surface area (Å²) >= 11 is 0. The molecule has 4 amide bonds. The molecule has 1 atom stereocenters. The molecule has 4 N–H and O–H groups in total. The van der Waals surface area contributed by atoms with E-state index >= 15 is 0 Å². The number of nitrogens with one attached hydrogen (secondary N) is 2. The van der Waals surface area contributed by atoms with Crippen molar-refractivity contribution in [3.05, 3.63) is 64.7 Å². The second-order valence-electron chi connectivity index (χ2n) is 7.46. The number of amides is 4. The Balaban J connectivity index is 1.45. The normalized spacial score (nSPS) is 18.5. The third-order valence-electron chi connectivity index (χ3n) is 5.44. The SMILES string of the molecule is Nc1ccc(CCNCc2cccc3c2C(=O)N(C2CCC(=O)NC2=O)C3=O)cc1. The molecule has 0 saturated carbocycles. The monoisotopic (exact) mass is 406 g/mol. The second-order valence-corrected chi connectivity index (χ2v) is 7.46. The number of carbonyl (C=O) groups is 4. The molecule has 0 aromatic heterocycles. The van der Waals surface area contributed by atoms with Crippen molar-refractivity contribution in [2.24, 2.45) is 0 Å². The van der Waals surface area contributed by atoms with Gasteiger partial charge < -0.3 is 11.1 Å². The van der Waals surface area contributed by atoms with Crippen molar-refractivity contribution >= 4 is 29.3 Å². The molecule has 4 rings (SSSR count). The smallest absolute Gasteiger partial charge is 0.262 e. The van der Waals surface area contributed by atoms with Gasteiger partial charge in [-0.25, -0.2) is 0 Å². The first kappa shape index (κ1) is 19.8. The van der Waals surface area contributed by atoms with Gasteiger partial charge >= 0.3 is 0 Å². The number of hydrogen-bond donors (Lipinski definition) is 3. The van der Waals surface area contributed by atoms with Crippen LogP contribution in [0.15, 0.2) is 42.5 Å². The highest BCUT2D eigenvalue weighted by molar-refractivity contribution is 6.24. The zero-order valence-electron chi connectivity index (χ0n) is 16.3. The highest BCUT2D eigenvalue weighted by Gasteiger charge is 2.45. The summed E-state index contributed by atoms with van der Waals surface area (Å²) in [6.07, 6.45) is 1.04. The van der Waals surface area contributed by atoms with Crippen molar-refractivity contribution in [2.75, 3.05) is 12.3 Å².